The Morgan fingerprint density at radius 1 is 1.17 bits per heavy atom. The van der Waals surface area contributed by atoms with E-state index >= 15 is 0 Å². The van der Waals surface area contributed by atoms with Gasteiger partial charge in [0.25, 0.3) is 0 Å². The quantitative estimate of drug-likeness (QED) is 0.754. The molecule has 0 saturated heterocycles. The lowest BCUT2D eigenvalue weighted by atomic mass is 10.1. The SMILES string of the molecule is CC(C)NC[C@H](COc1cccc2ccccc12)OC(=O)C1CC1. The summed E-state index contributed by atoms with van der Waals surface area (Å²) in [5, 5.41) is 5.54. The van der Waals surface area contributed by atoms with Gasteiger partial charge in [0.15, 0.2) is 0 Å². The molecule has 2 aromatic carbocycles. The number of esters is 1. The fourth-order valence-corrected chi connectivity index (χ4v) is 2.59. The molecule has 0 amide bonds. The Bertz CT molecular complexity index is 689. The summed E-state index contributed by atoms with van der Waals surface area (Å²) in [5.41, 5.74) is 0. The topological polar surface area (TPSA) is 47.6 Å². The predicted octanol–water partition coefficient (Wildman–Crippen LogP) is 3.54. The third-order valence-corrected chi connectivity index (χ3v) is 4.12. The van der Waals surface area contributed by atoms with Gasteiger partial charge in [-0.05, 0) is 24.3 Å². The summed E-state index contributed by atoms with van der Waals surface area (Å²) in [6.45, 7) is 5.10. The van der Waals surface area contributed by atoms with Crippen LogP contribution < -0.4 is 10.1 Å². The number of nitrogens with one attached hydrogen (secondary N) is 1. The minimum atomic E-state index is -0.278. The molecule has 0 unspecified atom stereocenters. The minimum Gasteiger partial charge on any atom is -0.489 e. The zero-order valence-corrected chi connectivity index (χ0v) is 14.3. The third kappa shape index (κ3) is 4.48. The average Bonchev–Trinajstić information content (AvgIpc) is 3.42. The number of carbonyl (C=O) groups is 1. The van der Waals surface area contributed by atoms with Crippen LogP contribution in [0.25, 0.3) is 10.8 Å². The second kappa shape index (κ2) is 7.67. The van der Waals surface area contributed by atoms with E-state index in [1.165, 1.54) is 0 Å². The van der Waals surface area contributed by atoms with Crippen molar-refractivity contribution in [2.45, 2.75) is 38.8 Å². The number of rotatable bonds is 8. The zero-order valence-electron chi connectivity index (χ0n) is 14.3. The summed E-state index contributed by atoms with van der Waals surface area (Å²) in [5.74, 6) is 0.835. The first-order valence-corrected chi connectivity index (χ1v) is 8.68. The summed E-state index contributed by atoms with van der Waals surface area (Å²) in [4.78, 5) is 12.0. The van der Waals surface area contributed by atoms with E-state index < -0.39 is 0 Å². The van der Waals surface area contributed by atoms with Crippen molar-refractivity contribution in [1.82, 2.24) is 5.32 Å². The molecule has 0 bridgehead atoms. The van der Waals surface area contributed by atoms with Crippen LogP contribution in [0.4, 0.5) is 0 Å². The molecular weight excluding hydrogens is 302 g/mol. The molecule has 1 atom stereocenters. The number of benzene rings is 2. The van der Waals surface area contributed by atoms with Crippen molar-refractivity contribution >= 4 is 16.7 Å². The molecule has 3 rings (SSSR count). The molecule has 0 heterocycles. The van der Waals surface area contributed by atoms with Crippen LogP contribution in [0.2, 0.25) is 0 Å². The van der Waals surface area contributed by atoms with Crippen LogP contribution in [-0.2, 0) is 9.53 Å². The highest BCUT2D eigenvalue weighted by atomic mass is 16.6. The summed E-state index contributed by atoms with van der Waals surface area (Å²) >= 11 is 0. The Hall–Kier alpha value is -2.07. The van der Waals surface area contributed by atoms with Crippen LogP contribution in [0.5, 0.6) is 5.75 Å². The fourth-order valence-electron chi connectivity index (χ4n) is 2.59. The second-order valence-corrected chi connectivity index (χ2v) is 6.68. The zero-order chi connectivity index (χ0) is 16.9. The van der Waals surface area contributed by atoms with Gasteiger partial charge in [-0.1, -0.05) is 50.2 Å². The van der Waals surface area contributed by atoms with E-state index in [1.54, 1.807) is 0 Å². The van der Waals surface area contributed by atoms with Gasteiger partial charge in [-0.15, -0.1) is 0 Å². The number of carbonyl (C=O) groups excluding carboxylic acids is 1. The van der Waals surface area contributed by atoms with Crippen molar-refractivity contribution in [3.63, 3.8) is 0 Å². The highest BCUT2D eigenvalue weighted by Crippen LogP contribution is 2.30. The average molecular weight is 327 g/mol. The lowest BCUT2D eigenvalue weighted by Crippen LogP contribution is -2.38. The maximum atomic E-state index is 12.0. The highest BCUT2D eigenvalue weighted by Gasteiger charge is 2.33. The van der Waals surface area contributed by atoms with Crippen molar-refractivity contribution in [3.05, 3.63) is 42.5 Å². The van der Waals surface area contributed by atoms with E-state index in [0.29, 0.717) is 19.2 Å². The molecule has 0 aromatic heterocycles. The van der Waals surface area contributed by atoms with Crippen molar-refractivity contribution in [2.24, 2.45) is 5.92 Å². The van der Waals surface area contributed by atoms with Crippen molar-refractivity contribution < 1.29 is 14.3 Å². The monoisotopic (exact) mass is 327 g/mol. The molecule has 4 nitrogen and oxygen atoms in total. The number of hydrogen-bond donors (Lipinski definition) is 1. The molecule has 0 aliphatic heterocycles. The first-order valence-electron chi connectivity index (χ1n) is 8.68. The van der Waals surface area contributed by atoms with Crippen molar-refractivity contribution in [1.29, 1.82) is 0 Å². The van der Waals surface area contributed by atoms with E-state index in [-0.39, 0.29) is 18.0 Å². The normalized spacial score (nSPS) is 15.5. The van der Waals surface area contributed by atoms with E-state index in [9.17, 15) is 4.79 Å². The van der Waals surface area contributed by atoms with Crippen LogP contribution in [0.15, 0.2) is 42.5 Å². The largest absolute Gasteiger partial charge is 0.489 e. The molecule has 24 heavy (non-hydrogen) atoms. The Morgan fingerprint density at radius 3 is 2.67 bits per heavy atom. The van der Waals surface area contributed by atoms with Gasteiger partial charge in [0.1, 0.15) is 18.5 Å². The van der Waals surface area contributed by atoms with Crippen molar-refractivity contribution in [2.75, 3.05) is 13.2 Å². The standard InChI is InChI=1S/C20H25NO3/c1-14(2)21-12-17(24-20(22)16-10-11-16)13-23-19-9-5-7-15-6-3-4-8-18(15)19/h3-9,14,16-17,21H,10-13H2,1-2H3/t17-/m1/s1. The first kappa shape index (κ1) is 16.8. The number of hydrogen-bond acceptors (Lipinski definition) is 4. The van der Waals surface area contributed by atoms with E-state index in [4.69, 9.17) is 9.47 Å². The Balaban J connectivity index is 1.65. The molecule has 1 N–H and O–H groups in total. The van der Waals surface area contributed by atoms with Crippen LogP contribution in [0.1, 0.15) is 26.7 Å². The molecule has 1 aliphatic rings. The summed E-state index contributed by atoms with van der Waals surface area (Å²) in [7, 11) is 0. The van der Waals surface area contributed by atoms with E-state index in [0.717, 1.165) is 29.4 Å². The van der Waals surface area contributed by atoms with Crippen LogP contribution in [-0.4, -0.2) is 31.3 Å². The van der Waals surface area contributed by atoms with Gasteiger partial charge in [0, 0.05) is 18.0 Å². The molecule has 2 aromatic rings. The summed E-state index contributed by atoms with van der Waals surface area (Å²) in [6.07, 6.45) is 1.63. The molecule has 1 saturated carbocycles. The molecule has 4 heteroatoms. The molecule has 0 spiro atoms. The molecule has 128 valence electrons. The molecular formula is C20H25NO3. The fraction of sp³-hybridized carbons (Fsp3) is 0.450. The number of fused-ring (bicyclic) bond motifs is 1. The minimum absolute atomic E-state index is 0.0907. The Morgan fingerprint density at radius 2 is 1.92 bits per heavy atom. The lowest BCUT2D eigenvalue weighted by Gasteiger charge is -2.21. The lowest BCUT2D eigenvalue weighted by molar-refractivity contribution is -0.152. The Labute approximate surface area is 143 Å². The van der Waals surface area contributed by atoms with Crippen molar-refractivity contribution in [3.8, 4) is 5.75 Å². The second-order valence-electron chi connectivity index (χ2n) is 6.68. The molecule has 1 fully saturated rings. The highest BCUT2D eigenvalue weighted by molar-refractivity contribution is 5.88. The molecule has 1 aliphatic carbocycles. The van der Waals surface area contributed by atoms with Gasteiger partial charge in [-0.25, -0.2) is 0 Å². The van der Waals surface area contributed by atoms with Gasteiger partial charge in [0.05, 0.1) is 5.92 Å². The smallest absolute Gasteiger partial charge is 0.309 e. The molecule has 0 radical (unpaired) electrons. The van der Waals surface area contributed by atoms with Crippen LogP contribution in [0, 0.1) is 5.92 Å². The summed E-state index contributed by atoms with van der Waals surface area (Å²) < 4.78 is 11.6. The summed E-state index contributed by atoms with van der Waals surface area (Å²) in [6, 6.07) is 14.5. The van der Waals surface area contributed by atoms with Crippen LogP contribution in [0.3, 0.4) is 0 Å². The number of ether oxygens (including phenoxy) is 2. The first-order chi connectivity index (χ1) is 11.6. The van der Waals surface area contributed by atoms with Gasteiger partial charge < -0.3 is 14.8 Å². The predicted molar refractivity (Wildman–Crippen MR) is 95.2 cm³/mol. The van der Waals surface area contributed by atoms with Gasteiger partial charge in [-0.3, -0.25) is 4.79 Å². The Kier molecular flexibility index (Phi) is 5.36. The maximum Gasteiger partial charge on any atom is 0.309 e. The van der Waals surface area contributed by atoms with Gasteiger partial charge in [0.2, 0.25) is 0 Å². The van der Waals surface area contributed by atoms with E-state index in [1.807, 2.05) is 30.3 Å². The van der Waals surface area contributed by atoms with Gasteiger partial charge >= 0.3 is 5.97 Å². The third-order valence-electron chi connectivity index (χ3n) is 4.12. The maximum absolute atomic E-state index is 12.0. The van der Waals surface area contributed by atoms with E-state index in [2.05, 4.69) is 31.3 Å². The van der Waals surface area contributed by atoms with Gasteiger partial charge in [-0.2, -0.15) is 0 Å². The van der Waals surface area contributed by atoms with Crippen LogP contribution >= 0.6 is 0 Å².